The van der Waals surface area contributed by atoms with Gasteiger partial charge in [0.15, 0.2) is 12.4 Å². The van der Waals surface area contributed by atoms with Crippen molar-refractivity contribution in [2.24, 2.45) is 0 Å². The maximum Gasteiger partial charge on any atom is 0.338 e. The maximum atomic E-state index is 12.2. The molecule has 0 atom stereocenters. The first-order valence-electron chi connectivity index (χ1n) is 9.09. The summed E-state index contributed by atoms with van der Waals surface area (Å²) >= 11 is 18.6. The van der Waals surface area contributed by atoms with E-state index in [0.29, 0.717) is 34.0 Å². The van der Waals surface area contributed by atoms with Gasteiger partial charge in [-0.3, -0.25) is 4.79 Å². The quantitative estimate of drug-likeness (QED) is 0.376. The van der Waals surface area contributed by atoms with Crippen LogP contribution in [0.15, 0.2) is 24.3 Å². The molecule has 0 saturated heterocycles. The van der Waals surface area contributed by atoms with Gasteiger partial charge in [-0.25, -0.2) is 4.79 Å². The average molecular weight is 459 g/mol. The van der Waals surface area contributed by atoms with Crippen molar-refractivity contribution < 1.29 is 19.1 Å². The van der Waals surface area contributed by atoms with Crippen LogP contribution in [0.1, 0.15) is 41.3 Å². The normalized spacial score (nSPS) is 10.6. The number of halogens is 3. The lowest BCUT2D eigenvalue weighted by Gasteiger charge is -2.15. The number of hydrogen-bond donors (Lipinski definition) is 1. The molecule has 1 N–H and O–H groups in total. The summed E-state index contributed by atoms with van der Waals surface area (Å²) in [5, 5.41) is 3.68. The molecule has 0 aliphatic heterocycles. The third kappa shape index (κ3) is 6.01. The molecule has 0 spiro atoms. The number of hydrogen-bond acceptors (Lipinski definition) is 4. The molecule has 0 aliphatic rings. The smallest absolute Gasteiger partial charge is 0.338 e. The van der Waals surface area contributed by atoms with Crippen molar-refractivity contribution in [1.29, 1.82) is 0 Å². The van der Waals surface area contributed by atoms with Crippen molar-refractivity contribution in [3.8, 4) is 5.75 Å². The molecule has 0 fully saturated rings. The number of amides is 1. The molecule has 1 amide bonds. The summed E-state index contributed by atoms with van der Waals surface area (Å²) in [7, 11) is 0. The maximum absolute atomic E-state index is 12.2. The highest BCUT2D eigenvalue weighted by Gasteiger charge is 2.18. The van der Waals surface area contributed by atoms with E-state index in [0.717, 1.165) is 12.8 Å². The van der Waals surface area contributed by atoms with Gasteiger partial charge >= 0.3 is 5.97 Å². The van der Waals surface area contributed by atoms with Gasteiger partial charge in [-0.1, -0.05) is 48.1 Å². The van der Waals surface area contributed by atoms with Crippen molar-refractivity contribution in [3.05, 3.63) is 56.0 Å². The predicted octanol–water partition coefficient (Wildman–Crippen LogP) is 6.24. The molecule has 2 aromatic carbocycles. The van der Waals surface area contributed by atoms with E-state index >= 15 is 0 Å². The predicted molar refractivity (Wildman–Crippen MR) is 117 cm³/mol. The van der Waals surface area contributed by atoms with Gasteiger partial charge in [-0.2, -0.15) is 0 Å². The Bertz CT molecular complexity index is 869. The minimum absolute atomic E-state index is 0.216. The molecule has 0 heterocycles. The number of unbranched alkanes of at least 4 members (excludes halogenated alkanes) is 1. The first-order chi connectivity index (χ1) is 13.8. The minimum Gasteiger partial charge on any atom is -0.481 e. The fraction of sp³-hybridized carbons (Fsp3) is 0.333. The largest absolute Gasteiger partial charge is 0.481 e. The monoisotopic (exact) mass is 457 g/mol. The van der Waals surface area contributed by atoms with Crippen molar-refractivity contribution in [2.45, 2.75) is 33.6 Å². The number of esters is 1. The summed E-state index contributed by atoms with van der Waals surface area (Å²) in [6.45, 7) is 5.61. The van der Waals surface area contributed by atoms with Crippen LogP contribution >= 0.6 is 34.8 Å². The molecule has 2 rings (SSSR count). The van der Waals surface area contributed by atoms with Crippen molar-refractivity contribution in [3.63, 3.8) is 0 Å². The molecule has 0 unspecified atom stereocenters. The number of carbonyl (C=O) groups excluding carboxylic acids is 2. The SMILES string of the molecule is CCCCOC(=O)c1ccc(NC(=O)COc2c(Cl)c(C)c(Cl)c(C)c2Cl)cc1. The van der Waals surface area contributed by atoms with Gasteiger partial charge in [0.2, 0.25) is 0 Å². The molecule has 0 radical (unpaired) electrons. The van der Waals surface area contributed by atoms with E-state index in [2.05, 4.69) is 5.32 Å². The standard InChI is InChI=1S/C21H22Cl3NO4/c1-4-5-10-28-21(27)14-6-8-15(9-7-14)25-16(26)11-29-20-18(23)12(2)17(22)13(3)19(20)24/h6-9H,4-5,10-11H2,1-3H3,(H,25,26). The Morgan fingerprint density at radius 2 is 1.55 bits per heavy atom. The van der Waals surface area contributed by atoms with Gasteiger partial charge < -0.3 is 14.8 Å². The van der Waals surface area contributed by atoms with E-state index < -0.39 is 11.9 Å². The van der Waals surface area contributed by atoms with Crippen molar-refractivity contribution >= 4 is 52.4 Å². The zero-order chi connectivity index (χ0) is 21.6. The lowest BCUT2D eigenvalue weighted by molar-refractivity contribution is -0.118. The molecule has 0 aromatic heterocycles. The Kier molecular flexibility index (Phi) is 8.62. The van der Waals surface area contributed by atoms with Crippen LogP contribution in [-0.2, 0) is 9.53 Å². The van der Waals surface area contributed by atoms with Crippen LogP contribution in [0.4, 0.5) is 5.69 Å². The summed E-state index contributed by atoms with van der Waals surface area (Å²) in [6.07, 6.45) is 1.77. The number of nitrogens with one attached hydrogen (secondary N) is 1. The Hall–Kier alpha value is -1.95. The highest BCUT2D eigenvalue weighted by molar-refractivity contribution is 6.42. The summed E-state index contributed by atoms with van der Waals surface area (Å²) in [6, 6.07) is 6.41. The van der Waals surface area contributed by atoms with E-state index in [4.69, 9.17) is 44.3 Å². The molecular formula is C21H22Cl3NO4. The second-order valence-corrected chi connectivity index (χ2v) is 7.56. The highest BCUT2D eigenvalue weighted by Crippen LogP contribution is 2.42. The van der Waals surface area contributed by atoms with E-state index in [9.17, 15) is 9.59 Å². The second-order valence-electron chi connectivity index (χ2n) is 6.42. The van der Waals surface area contributed by atoms with Gasteiger partial charge in [0, 0.05) is 10.7 Å². The molecular weight excluding hydrogens is 437 g/mol. The summed E-state index contributed by atoms with van der Waals surface area (Å²) < 4.78 is 10.7. The minimum atomic E-state index is -0.402. The van der Waals surface area contributed by atoms with Crippen molar-refractivity contribution in [2.75, 3.05) is 18.5 Å². The van der Waals surface area contributed by atoms with Gasteiger partial charge in [0.1, 0.15) is 0 Å². The first kappa shape index (κ1) is 23.3. The summed E-state index contributed by atoms with van der Waals surface area (Å²) in [4.78, 5) is 24.1. The average Bonchev–Trinajstić information content (AvgIpc) is 2.71. The molecule has 8 heteroatoms. The number of rotatable bonds is 8. The Morgan fingerprint density at radius 3 is 2.10 bits per heavy atom. The summed E-state index contributed by atoms with van der Waals surface area (Å²) in [5.41, 5.74) is 2.20. The third-order valence-corrected chi connectivity index (χ3v) is 5.68. The lowest BCUT2D eigenvalue weighted by atomic mass is 10.1. The fourth-order valence-corrected chi connectivity index (χ4v) is 3.28. The van der Waals surface area contributed by atoms with Crippen LogP contribution in [0.5, 0.6) is 5.75 Å². The van der Waals surface area contributed by atoms with Crippen molar-refractivity contribution in [1.82, 2.24) is 0 Å². The highest BCUT2D eigenvalue weighted by atomic mass is 35.5. The zero-order valence-corrected chi connectivity index (χ0v) is 18.7. The van der Waals surface area contributed by atoms with Gasteiger partial charge in [0.05, 0.1) is 22.2 Å². The fourth-order valence-electron chi connectivity index (χ4n) is 2.45. The van der Waals surface area contributed by atoms with Crippen LogP contribution in [0, 0.1) is 13.8 Å². The number of carbonyl (C=O) groups is 2. The molecule has 0 bridgehead atoms. The molecule has 29 heavy (non-hydrogen) atoms. The van der Waals surface area contributed by atoms with Crippen LogP contribution < -0.4 is 10.1 Å². The topological polar surface area (TPSA) is 64.6 Å². The van der Waals surface area contributed by atoms with Crippen LogP contribution in [0.25, 0.3) is 0 Å². The lowest BCUT2D eigenvalue weighted by Crippen LogP contribution is -2.20. The second kappa shape index (κ2) is 10.7. The molecule has 2 aromatic rings. The zero-order valence-electron chi connectivity index (χ0n) is 16.4. The number of ether oxygens (including phenoxy) is 2. The first-order valence-corrected chi connectivity index (χ1v) is 10.2. The van der Waals surface area contributed by atoms with Crippen LogP contribution in [0.3, 0.4) is 0 Å². The third-order valence-electron chi connectivity index (χ3n) is 4.20. The molecule has 5 nitrogen and oxygen atoms in total. The van der Waals surface area contributed by atoms with Gasteiger partial charge in [-0.05, 0) is 55.7 Å². The number of anilines is 1. The number of benzene rings is 2. The van der Waals surface area contributed by atoms with Gasteiger partial charge in [-0.15, -0.1) is 0 Å². The van der Waals surface area contributed by atoms with E-state index in [1.54, 1.807) is 38.1 Å². The Morgan fingerprint density at radius 1 is 0.966 bits per heavy atom. The van der Waals surface area contributed by atoms with E-state index in [-0.39, 0.29) is 22.4 Å². The Balaban J connectivity index is 1.96. The molecule has 156 valence electrons. The molecule has 0 aliphatic carbocycles. The van der Waals surface area contributed by atoms with Gasteiger partial charge in [0.25, 0.3) is 5.91 Å². The van der Waals surface area contributed by atoms with E-state index in [1.165, 1.54) is 0 Å². The van der Waals surface area contributed by atoms with Crippen LogP contribution in [0.2, 0.25) is 15.1 Å². The Labute approximate surface area is 185 Å². The van der Waals surface area contributed by atoms with Crippen LogP contribution in [-0.4, -0.2) is 25.1 Å². The molecule has 0 saturated carbocycles. The van der Waals surface area contributed by atoms with E-state index in [1.807, 2.05) is 6.92 Å². The summed E-state index contributed by atoms with van der Waals surface area (Å²) in [5.74, 6) is -0.578.